The molecule has 0 saturated carbocycles. The number of carbonyl (C=O) groups excluding carboxylic acids is 4. The van der Waals surface area contributed by atoms with Crippen molar-refractivity contribution in [3.8, 4) is 11.5 Å². The molecule has 0 radical (unpaired) electrons. The molecule has 2 atom stereocenters. The van der Waals surface area contributed by atoms with Crippen molar-refractivity contribution in [1.82, 2.24) is 16.0 Å². The number of alkyl halides is 12. The number of amides is 3. The number of benzene rings is 8. The normalized spacial score (nSPS) is 12.9. The zero-order chi connectivity index (χ0) is 65.0. The van der Waals surface area contributed by atoms with Gasteiger partial charge in [0.15, 0.2) is 23.1 Å². The first kappa shape index (κ1) is 67.2. The molecule has 8 aromatic rings. The van der Waals surface area contributed by atoms with E-state index in [-0.39, 0.29) is 29.7 Å². The Kier molecular flexibility index (Phi) is 21.1. The molecule has 0 saturated heterocycles. The minimum atomic E-state index is -5.04. The first-order chi connectivity index (χ1) is 41.2. The molecular weight excluding hydrogens is 1200 g/mol. The molecule has 88 heavy (non-hydrogen) atoms. The smallest absolute Gasteiger partial charge is 0.416 e. The Morgan fingerprint density at radius 1 is 0.455 bits per heavy atom. The molecule has 8 aromatic carbocycles. The summed E-state index contributed by atoms with van der Waals surface area (Å²) in [6.07, 6.45) is -20.2. The summed E-state index contributed by atoms with van der Waals surface area (Å²) in [6, 6.07) is 31.0. The number of phenols is 1. The Balaban J connectivity index is 0.000000266. The second kappa shape index (κ2) is 27.6. The molecule has 0 spiro atoms. The summed E-state index contributed by atoms with van der Waals surface area (Å²) in [5.74, 6) is -8.75. The molecule has 4 N–H and O–H groups in total. The third-order valence-electron chi connectivity index (χ3n) is 13.0. The fourth-order valence-electron chi connectivity index (χ4n) is 8.90. The largest absolute Gasteiger partial charge is 0.505 e. The van der Waals surface area contributed by atoms with E-state index in [4.69, 9.17) is 9.53 Å². The predicted molar refractivity (Wildman–Crippen MR) is 286 cm³/mol. The van der Waals surface area contributed by atoms with E-state index >= 15 is 0 Å². The van der Waals surface area contributed by atoms with E-state index in [1.807, 2.05) is 0 Å². The highest BCUT2D eigenvalue weighted by molar-refractivity contribution is 5.96. The minimum absolute atomic E-state index is 0.158. The monoisotopic (exact) mass is 1240 g/mol. The number of hydrogen-bond donors (Lipinski definition) is 4. The van der Waals surface area contributed by atoms with E-state index in [9.17, 15) is 89.7 Å². The highest BCUT2D eigenvalue weighted by atomic mass is 19.4. The van der Waals surface area contributed by atoms with Crippen molar-refractivity contribution in [2.45, 2.75) is 48.6 Å². The van der Waals surface area contributed by atoms with Crippen molar-refractivity contribution in [3.05, 3.63) is 272 Å². The summed E-state index contributed by atoms with van der Waals surface area (Å²) < 4.78 is 226. The van der Waals surface area contributed by atoms with Gasteiger partial charge in [-0.3, -0.25) is 9.59 Å². The van der Waals surface area contributed by atoms with Crippen molar-refractivity contribution in [2.75, 3.05) is 14.1 Å². The number of carbonyl (C=O) groups is 3. The number of nitrogens with zero attached hydrogens (tertiary/aromatic N) is 1. The van der Waals surface area contributed by atoms with E-state index in [0.29, 0.717) is 41.5 Å². The molecule has 460 valence electrons. The van der Waals surface area contributed by atoms with Crippen LogP contribution in [-0.2, 0) is 53.4 Å². The van der Waals surface area contributed by atoms with Gasteiger partial charge < -0.3 is 25.8 Å². The van der Waals surface area contributed by atoms with Gasteiger partial charge in [0.1, 0.15) is 11.6 Å². The van der Waals surface area contributed by atoms with E-state index in [1.165, 1.54) is 20.2 Å². The Bertz CT molecular complexity index is 3840. The molecule has 0 aliphatic carbocycles. The van der Waals surface area contributed by atoms with Crippen LogP contribution in [0.15, 0.2) is 187 Å². The van der Waals surface area contributed by atoms with Gasteiger partial charge in [-0.1, -0.05) is 84.9 Å². The summed E-state index contributed by atoms with van der Waals surface area (Å²) in [4.78, 5) is 50.8. The third-order valence-corrected chi connectivity index (χ3v) is 13.0. The molecule has 10 nitrogen and oxygen atoms in total. The number of aromatic hydroxyl groups is 1. The lowest BCUT2D eigenvalue weighted by molar-refractivity contribution is -0.138. The summed E-state index contributed by atoms with van der Waals surface area (Å²) in [5.41, 5.74) is -11.0. The number of nitrogens with one attached hydrogen (secondary N) is 3. The zero-order valence-electron chi connectivity index (χ0n) is 45.2. The van der Waals surface area contributed by atoms with Crippen molar-refractivity contribution in [3.63, 3.8) is 0 Å². The Morgan fingerprint density at radius 2 is 0.830 bits per heavy atom. The number of aliphatic imine (C=N–C) groups is 1. The van der Waals surface area contributed by atoms with Crippen LogP contribution in [-0.4, -0.2) is 43.2 Å². The zero-order valence-corrected chi connectivity index (χ0v) is 45.2. The summed E-state index contributed by atoms with van der Waals surface area (Å²) >= 11 is 0. The molecule has 8 rings (SSSR count). The van der Waals surface area contributed by atoms with Gasteiger partial charge in [0.05, 0.1) is 33.3 Å². The van der Waals surface area contributed by atoms with Crippen LogP contribution in [0, 0.1) is 23.3 Å². The van der Waals surface area contributed by atoms with Gasteiger partial charge in [-0.2, -0.15) is 52.7 Å². The maximum atomic E-state index is 14.9. The van der Waals surface area contributed by atoms with Crippen LogP contribution < -0.4 is 20.7 Å². The van der Waals surface area contributed by atoms with Crippen molar-refractivity contribution >= 4 is 24.0 Å². The Hall–Kier alpha value is -9.97. The van der Waals surface area contributed by atoms with Gasteiger partial charge in [-0.05, 0) is 130 Å². The van der Waals surface area contributed by atoms with Gasteiger partial charge in [0, 0.05) is 38.1 Å². The SMILES string of the molecule is CN=C=O.CNC(=O)Oc1cc([C@@](Cc2ccccc2)(NC(=O)c2cccc(C(F)(F)F)c2)c2cc(F)cc(C(F)(F)F)c2)ccc1F.O=C(N[C@@](Cc1ccccc1)(c1cc(F)cc(C(F)(F)F)c1)c1ccc(F)c(O)c1)c1cccc(C(F)(F)F)c1. The summed E-state index contributed by atoms with van der Waals surface area (Å²) in [7, 11) is 2.57. The molecule has 0 fully saturated rings. The van der Waals surface area contributed by atoms with Crippen LogP contribution >= 0.6 is 0 Å². The lowest BCUT2D eigenvalue weighted by Crippen LogP contribution is -2.49. The maximum absolute atomic E-state index is 14.9. The summed E-state index contributed by atoms with van der Waals surface area (Å²) in [5, 5.41) is 17.2. The minimum Gasteiger partial charge on any atom is -0.505 e. The highest BCUT2D eigenvalue weighted by Crippen LogP contribution is 2.43. The number of rotatable bonds is 13. The standard InChI is InChI=1S/C31H22F8N2O3.C29H19F8NO2.C2H3NO/c1-40-28(43)44-26-16-20(10-11-25(26)33)29(17-18-6-3-2-4-7-18,22-13-23(31(37,38)39)15-24(32)14-22)41-27(42)19-8-5-9-21(12-19)30(34,35)36;30-23-13-21(12-22(14-23)29(35,36)37)27(16-17-5-2-1-3-6-17,19-9-10-24(31)25(39)15-19)38-26(40)18-7-4-8-20(11-18)28(32,33)34;1-3-2-4/h2-16H,17H2,1H3,(H,40,43)(H,41,42);1-15,39H,16H2,(H,38,40);1H3/t29-;27-;/m11./s1. The molecule has 0 unspecified atom stereocenters. The van der Waals surface area contributed by atoms with Crippen LogP contribution in [0.5, 0.6) is 11.5 Å². The van der Waals surface area contributed by atoms with Crippen molar-refractivity contribution in [2.24, 2.45) is 4.99 Å². The molecule has 26 heteroatoms. The first-order valence-electron chi connectivity index (χ1n) is 25.2. The van der Waals surface area contributed by atoms with Gasteiger partial charge in [0.2, 0.25) is 6.08 Å². The van der Waals surface area contributed by atoms with Gasteiger partial charge in [-0.15, -0.1) is 0 Å². The number of halogens is 16. The average molecular weight is 1250 g/mol. The Morgan fingerprint density at radius 3 is 1.19 bits per heavy atom. The number of phenolic OH excluding ortho intramolecular Hbond substituents is 1. The highest BCUT2D eigenvalue weighted by Gasteiger charge is 2.43. The molecule has 0 aromatic heterocycles. The van der Waals surface area contributed by atoms with Crippen LogP contribution in [0.1, 0.15) is 76.4 Å². The average Bonchev–Trinajstić information content (AvgIpc) is 1.39. The summed E-state index contributed by atoms with van der Waals surface area (Å²) in [6.45, 7) is 0. The van der Waals surface area contributed by atoms with Crippen molar-refractivity contribution in [1.29, 1.82) is 0 Å². The van der Waals surface area contributed by atoms with E-state index in [0.717, 1.165) is 78.9 Å². The quantitative estimate of drug-likeness (QED) is 0.0514. The second-order valence-electron chi connectivity index (χ2n) is 18.9. The second-order valence-corrected chi connectivity index (χ2v) is 18.9. The molecule has 0 aliphatic heterocycles. The van der Waals surface area contributed by atoms with Gasteiger partial charge in [0.25, 0.3) is 11.8 Å². The molecule has 0 bridgehead atoms. The molecule has 3 amide bonds. The van der Waals surface area contributed by atoms with Gasteiger partial charge in [-0.25, -0.2) is 32.1 Å². The maximum Gasteiger partial charge on any atom is 0.416 e. The number of isocyanates is 1. The van der Waals surface area contributed by atoms with E-state index < -0.39 is 139 Å². The molecular formula is C62H44F16N4O6. The lowest BCUT2D eigenvalue weighted by Gasteiger charge is -2.37. The Labute approximate surface area is 489 Å². The number of ether oxygens (including phenoxy) is 1. The molecule has 0 aliphatic rings. The van der Waals surface area contributed by atoms with Crippen LogP contribution in [0.2, 0.25) is 0 Å². The lowest BCUT2D eigenvalue weighted by atomic mass is 9.77. The van der Waals surface area contributed by atoms with Crippen LogP contribution in [0.25, 0.3) is 0 Å². The van der Waals surface area contributed by atoms with Crippen LogP contribution in [0.3, 0.4) is 0 Å². The van der Waals surface area contributed by atoms with E-state index in [1.54, 1.807) is 60.7 Å². The predicted octanol–water partition coefficient (Wildman–Crippen LogP) is 15.2. The fourth-order valence-corrected chi connectivity index (χ4v) is 8.90. The van der Waals surface area contributed by atoms with Gasteiger partial charge >= 0.3 is 30.8 Å². The molecule has 0 heterocycles. The van der Waals surface area contributed by atoms with Crippen LogP contribution in [0.4, 0.5) is 75.0 Å². The van der Waals surface area contributed by atoms with E-state index in [2.05, 4.69) is 20.9 Å². The third kappa shape index (κ3) is 16.9. The topological polar surface area (TPSA) is 146 Å². The fraction of sp³-hybridized carbons (Fsp3) is 0.161. The first-order valence-corrected chi connectivity index (χ1v) is 25.2. The van der Waals surface area contributed by atoms with Crippen molar-refractivity contribution < 1.29 is 99.3 Å². The number of hydrogen-bond acceptors (Lipinski definition) is 7.